The Morgan fingerprint density at radius 2 is 1.64 bits per heavy atom. The second-order valence-corrected chi connectivity index (χ2v) is 5.23. The van der Waals surface area contributed by atoms with E-state index in [1.165, 1.54) is 0 Å². The Labute approximate surface area is 163 Å². The molecule has 0 saturated heterocycles. The summed E-state index contributed by atoms with van der Waals surface area (Å²) >= 11 is 0. The first-order valence-corrected chi connectivity index (χ1v) is 7.91. The van der Waals surface area contributed by atoms with E-state index in [1.54, 1.807) is 6.20 Å². The molecule has 3 aromatic rings. The van der Waals surface area contributed by atoms with Gasteiger partial charge in [-0.3, -0.25) is 4.98 Å². The molecule has 2 aromatic heterocycles. The second-order valence-electron chi connectivity index (χ2n) is 5.23. The fourth-order valence-corrected chi connectivity index (χ4v) is 2.34. The van der Waals surface area contributed by atoms with Crippen molar-refractivity contribution in [3.63, 3.8) is 0 Å². The summed E-state index contributed by atoms with van der Waals surface area (Å²) in [5, 5.41) is 0. The van der Waals surface area contributed by atoms with Crippen molar-refractivity contribution in [2.45, 2.75) is 0 Å². The molecule has 2 radical (unpaired) electrons. The van der Waals surface area contributed by atoms with Crippen LogP contribution in [0.5, 0.6) is 0 Å². The predicted octanol–water partition coefficient (Wildman–Crippen LogP) is 3.15. The molecule has 5 heteroatoms. The van der Waals surface area contributed by atoms with Crippen LogP contribution >= 0.6 is 0 Å². The van der Waals surface area contributed by atoms with E-state index < -0.39 is 0 Å². The van der Waals surface area contributed by atoms with Gasteiger partial charge in [-0.2, -0.15) is 0 Å². The Kier molecular flexibility index (Phi) is 8.11. The van der Waals surface area contributed by atoms with Crippen LogP contribution in [0.15, 0.2) is 97.2 Å². The first-order chi connectivity index (χ1) is 11.9. The molecular formula is C20H16B2IrN2-. The first kappa shape index (κ1) is 19.1. The van der Waals surface area contributed by atoms with E-state index in [0.29, 0.717) is 6.60 Å². The molecule has 0 fully saturated rings. The Morgan fingerprint density at radius 1 is 0.840 bits per heavy atom. The Hall–Kier alpha value is -2.22. The molecule has 0 saturated carbocycles. The maximum Gasteiger partial charge on any atom is 0.190 e. The van der Waals surface area contributed by atoms with Gasteiger partial charge < -0.3 is 4.98 Å². The van der Waals surface area contributed by atoms with Crippen LogP contribution < -0.4 is 5.59 Å². The van der Waals surface area contributed by atoms with E-state index in [4.69, 9.17) is 0 Å². The topological polar surface area (TPSA) is 25.8 Å². The quantitative estimate of drug-likeness (QED) is 0.401. The van der Waals surface area contributed by atoms with Gasteiger partial charge in [-0.1, -0.05) is 36.4 Å². The minimum Gasteiger partial charge on any atom is -0.305 e. The van der Waals surface area contributed by atoms with Crippen molar-refractivity contribution >= 4 is 19.4 Å². The smallest absolute Gasteiger partial charge is 0.190 e. The van der Waals surface area contributed by atoms with Gasteiger partial charge in [-0.05, 0) is 17.8 Å². The third kappa shape index (κ3) is 5.97. The second kappa shape index (κ2) is 10.6. The Morgan fingerprint density at radius 3 is 2.24 bits per heavy atom. The van der Waals surface area contributed by atoms with E-state index in [0.717, 1.165) is 16.9 Å². The molecule has 0 spiro atoms. The van der Waals surface area contributed by atoms with Crippen LogP contribution in [-0.2, 0) is 20.1 Å². The molecule has 0 unspecified atom stereocenters. The SMILES string of the molecule is [B]1C=CC=CB1c1ccccn1.[Ir].[c-]1ccccc1-c1ccccn1. The van der Waals surface area contributed by atoms with E-state index in [2.05, 4.69) is 41.2 Å². The van der Waals surface area contributed by atoms with Crippen molar-refractivity contribution in [1.29, 1.82) is 0 Å². The largest absolute Gasteiger partial charge is 0.305 e. The van der Waals surface area contributed by atoms with Gasteiger partial charge in [0.15, 0.2) is 6.60 Å². The zero-order valence-electron chi connectivity index (χ0n) is 13.6. The molecule has 25 heavy (non-hydrogen) atoms. The van der Waals surface area contributed by atoms with Crippen molar-refractivity contribution in [3.05, 3.63) is 103 Å². The molecule has 1 aliphatic heterocycles. The normalized spacial score (nSPS) is 11.6. The van der Waals surface area contributed by atoms with Crippen molar-refractivity contribution in [3.8, 4) is 11.3 Å². The van der Waals surface area contributed by atoms with Crippen LogP contribution in [0.2, 0.25) is 0 Å². The van der Waals surface area contributed by atoms with Crippen molar-refractivity contribution in [2.75, 3.05) is 0 Å². The summed E-state index contributed by atoms with van der Waals surface area (Å²) in [6.07, 6.45) is 7.70. The van der Waals surface area contributed by atoms with Gasteiger partial charge >= 0.3 is 0 Å². The van der Waals surface area contributed by atoms with Gasteiger partial charge in [0.25, 0.3) is 0 Å². The molecule has 122 valence electrons. The van der Waals surface area contributed by atoms with Gasteiger partial charge in [0.1, 0.15) is 7.17 Å². The van der Waals surface area contributed by atoms with Gasteiger partial charge in [0, 0.05) is 38.1 Å². The van der Waals surface area contributed by atoms with Crippen molar-refractivity contribution < 1.29 is 20.1 Å². The molecule has 0 bridgehead atoms. The summed E-state index contributed by atoms with van der Waals surface area (Å²) in [6, 6.07) is 22.8. The summed E-state index contributed by atoms with van der Waals surface area (Å²) in [5.74, 6) is 4.20. The monoisotopic (exact) mass is 499 g/mol. The molecule has 1 aliphatic rings. The van der Waals surface area contributed by atoms with Gasteiger partial charge in [0.2, 0.25) is 0 Å². The Balaban J connectivity index is 0.000000173. The number of hydrogen-bond donors (Lipinski definition) is 0. The summed E-state index contributed by atoms with van der Waals surface area (Å²) < 4.78 is 0. The van der Waals surface area contributed by atoms with E-state index in [1.807, 2.05) is 72.9 Å². The zero-order valence-corrected chi connectivity index (χ0v) is 16.0. The number of aromatic nitrogens is 2. The van der Waals surface area contributed by atoms with Gasteiger partial charge in [-0.15, -0.1) is 47.8 Å². The van der Waals surface area contributed by atoms with Crippen LogP contribution in [0.25, 0.3) is 11.3 Å². The molecular weight excluding hydrogens is 482 g/mol. The maximum atomic E-state index is 4.29. The standard InChI is InChI=1S/C11H8N.C9H8B2N.Ir/c1-2-6-10(7-3-1)11-8-4-5-9-12-11;1-4-8-12-9(5-1)11-7-3-2-6-10-11;/h1-6,8-9H;1-8H;/q-1;;. The number of nitrogens with zero attached hydrogens (tertiary/aromatic N) is 2. The number of rotatable bonds is 2. The minimum absolute atomic E-state index is 0. The Bertz CT molecular complexity index is 756. The van der Waals surface area contributed by atoms with Crippen LogP contribution in [0.4, 0.5) is 0 Å². The molecule has 0 aliphatic carbocycles. The van der Waals surface area contributed by atoms with Crippen LogP contribution in [0.3, 0.4) is 0 Å². The molecule has 0 N–H and O–H groups in total. The van der Waals surface area contributed by atoms with Gasteiger partial charge in [-0.25, -0.2) is 0 Å². The minimum atomic E-state index is 0. The molecule has 4 rings (SSSR count). The molecule has 3 heterocycles. The summed E-state index contributed by atoms with van der Waals surface area (Å²) in [4.78, 5) is 8.50. The van der Waals surface area contributed by atoms with E-state index >= 15 is 0 Å². The summed E-state index contributed by atoms with van der Waals surface area (Å²) in [6.45, 7) is 0.358. The fraction of sp³-hybridized carbons (Fsp3) is 0. The average Bonchev–Trinajstić information content (AvgIpc) is 2.71. The van der Waals surface area contributed by atoms with Crippen molar-refractivity contribution in [2.24, 2.45) is 0 Å². The molecule has 0 amide bonds. The first-order valence-electron chi connectivity index (χ1n) is 7.91. The maximum absolute atomic E-state index is 4.29. The van der Waals surface area contributed by atoms with E-state index in [-0.39, 0.29) is 20.1 Å². The summed E-state index contributed by atoms with van der Waals surface area (Å²) in [5.41, 5.74) is 3.12. The van der Waals surface area contributed by atoms with Crippen LogP contribution in [-0.4, -0.2) is 23.7 Å². The van der Waals surface area contributed by atoms with Crippen LogP contribution in [0, 0.1) is 6.07 Å². The molecule has 0 atom stereocenters. The fourth-order valence-electron chi connectivity index (χ4n) is 2.34. The average molecular weight is 498 g/mol. The number of hydrogen-bond acceptors (Lipinski definition) is 2. The number of allylic oxidation sites excluding steroid dienone is 2. The molecule has 1 aromatic carbocycles. The molecule has 2 nitrogen and oxygen atoms in total. The third-order valence-electron chi connectivity index (χ3n) is 3.54. The summed E-state index contributed by atoms with van der Waals surface area (Å²) in [7, 11) is 2.14. The van der Waals surface area contributed by atoms with Gasteiger partial charge in [0.05, 0.1) is 0 Å². The third-order valence-corrected chi connectivity index (χ3v) is 3.54. The van der Waals surface area contributed by atoms with E-state index in [9.17, 15) is 0 Å². The predicted molar refractivity (Wildman–Crippen MR) is 102 cm³/mol. The van der Waals surface area contributed by atoms with Crippen LogP contribution in [0.1, 0.15) is 0 Å². The van der Waals surface area contributed by atoms with Crippen molar-refractivity contribution in [1.82, 2.24) is 9.97 Å². The number of pyridine rings is 2. The number of benzene rings is 1. The zero-order chi connectivity index (χ0) is 16.5.